The van der Waals surface area contributed by atoms with Crippen LogP contribution in [-0.4, -0.2) is 62.2 Å². The first-order valence-corrected chi connectivity index (χ1v) is 11.5. The summed E-state index contributed by atoms with van der Waals surface area (Å²) in [6, 6.07) is 5.91. The van der Waals surface area contributed by atoms with E-state index in [-0.39, 0.29) is 48.0 Å². The van der Waals surface area contributed by atoms with Crippen LogP contribution in [0.5, 0.6) is 0 Å². The molecule has 33 heavy (non-hydrogen) atoms. The Kier molecular flexibility index (Phi) is 6.49. The quantitative estimate of drug-likeness (QED) is 0.725. The van der Waals surface area contributed by atoms with E-state index in [0.29, 0.717) is 26.1 Å². The molecule has 3 amide bonds. The van der Waals surface area contributed by atoms with Crippen molar-refractivity contribution in [2.45, 2.75) is 58.2 Å². The molecule has 0 spiro atoms. The lowest BCUT2D eigenvalue weighted by Gasteiger charge is -2.43. The van der Waals surface area contributed by atoms with Crippen molar-refractivity contribution in [1.82, 2.24) is 24.7 Å². The second-order valence-corrected chi connectivity index (χ2v) is 8.96. The molecule has 3 heterocycles. The summed E-state index contributed by atoms with van der Waals surface area (Å²) < 4.78 is 14.8. The number of nitrogens with zero attached hydrogens (tertiary/aromatic N) is 4. The summed E-state index contributed by atoms with van der Waals surface area (Å²) in [4.78, 5) is 47.6. The Morgan fingerprint density at radius 2 is 1.85 bits per heavy atom. The molecule has 1 aromatic carbocycles. The fourth-order valence-corrected chi connectivity index (χ4v) is 4.64. The average molecular weight is 456 g/mol. The smallest absolute Gasteiger partial charge is 0.274 e. The van der Waals surface area contributed by atoms with E-state index in [0.717, 1.165) is 24.8 Å². The van der Waals surface area contributed by atoms with Crippen molar-refractivity contribution in [3.05, 3.63) is 53.4 Å². The van der Waals surface area contributed by atoms with Crippen LogP contribution in [0.1, 0.15) is 66.1 Å². The minimum absolute atomic E-state index is 0.164. The largest absolute Gasteiger partial charge is 0.350 e. The topological polar surface area (TPSA) is 87.5 Å². The van der Waals surface area contributed by atoms with Crippen LogP contribution in [0.3, 0.4) is 0 Å². The molecule has 1 atom stereocenters. The summed E-state index contributed by atoms with van der Waals surface area (Å²) >= 11 is 0. The number of aromatic nitrogens is 2. The first-order chi connectivity index (χ1) is 15.8. The first-order valence-electron chi connectivity index (χ1n) is 11.5. The Balaban J connectivity index is 1.58. The Morgan fingerprint density at radius 1 is 1.15 bits per heavy atom. The van der Waals surface area contributed by atoms with Gasteiger partial charge in [0.25, 0.3) is 11.8 Å². The standard InChI is InChI=1S/C24H30FN5O3/c1-3-11-30-22(32)20-19(21(31)28-12-5-4-6-13-28)27-16-29(20)15-24(30,2)23(33)26-14-17-7-9-18(25)10-8-17/h7-10,16H,3-6,11-15H2,1-2H3,(H,26,33). The minimum atomic E-state index is -1.15. The summed E-state index contributed by atoms with van der Waals surface area (Å²) in [6.07, 6.45) is 5.14. The van der Waals surface area contributed by atoms with Crippen molar-refractivity contribution in [1.29, 1.82) is 0 Å². The molecule has 2 aromatic rings. The van der Waals surface area contributed by atoms with Crippen LogP contribution in [0.25, 0.3) is 0 Å². The molecule has 1 aromatic heterocycles. The van der Waals surface area contributed by atoms with Crippen molar-refractivity contribution in [3.63, 3.8) is 0 Å². The minimum Gasteiger partial charge on any atom is -0.350 e. The van der Waals surface area contributed by atoms with E-state index in [1.54, 1.807) is 33.4 Å². The molecule has 176 valence electrons. The monoisotopic (exact) mass is 455 g/mol. The summed E-state index contributed by atoms with van der Waals surface area (Å²) in [5.41, 5.74) is 0.0292. The molecule has 4 rings (SSSR count). The van der Waals surface area contributed by atoms with E-state index < -0.39 is 5.54 Å². The molecule has 1 N–H and O–H groups in total. The number of carbonyl (C=O) groups excluding carboxylic acids is 3. The number of fused-ring (bicyclic) bond motifs is 1. The lowest BCUT2D eigenvalue weighted by Crippen LogP contribution is -2.64. The maximum atomic E-state index is 13.6. The van der Waals surface area contributed by atoms with Crippen LogP contribution < -0.4 is 5.32 Å². The van der Waals surface area contributed by atoms with E-state index in [1.165, 1.54) is 18.5 Å². The molecular weight excluding hydrogens is 425 g/mol. The van der Waals surface area contributed by atoms with Gasteiger partial charge >= 0.3 is 0 Å². The predicted molar refractivity (Wildman–Crippen MR) is 120 cm³/mol. The van der Waals surface area contributed by atoms with E-state index in [2.05, 4.69) is 10.3 Å². The lowest BCUT2D eigenvalue weighted by atomic mass is 9.93. The van der Waals surface area contributed by atoms with E-state index in [9.17, 15) is 18.8 Å². The zero-order valence-electron chi connectivity index (χ0n) is 19.1. The maximum Gasteiger partial charge on any atom is 0.274 e. The van der Waals surface area contributed by atoms with E-state index in [4.69, 9.17) is 0 Å². The van der Waals surface area contributed by atoms with Gasteiger partial charge in [0.1, 0.15) is 17.1 Å². The van der Waals surface area contributed by atoms with E-state index >= 15 is 0 Å². The number of likely N-dealkylation sites (tertiary alicyclic amines) is 1. The van der Waals surface area contributed by atoms with Gasteiger partial charge in [-0.1, -0.05) is 19.1 Å². The number of hydrogen-bond donors (Lipinski definition) is 1. The Hall–Kier alpha value is -3.23. The van der Waals surface area contributed by atoms with Crippen LogP contribution in [0.15, 0.2) is 30.6 Å². The fraction of sp³-hybridized carbons (Fsp3) is 0.500. The predicted octanol–water partition coefficient (Wildman–Crippen LogP) is 2.59. The molecule has 0 aliphatic carbocycles. The van der Waals surface area contributed by atoms with Gasteiger partial charge in [0.05, 0.1) is 12.9 Å². The molecule has 2 aliphatic heterocycles. The van der Waals surface area contributed by atoms with Crippen LogP contribution >= 0.6 is 0 Å². The highest BCUT2D eigenvalue weighted by molar-refractivity contribution is 6.07. The average Bonchev–Trinajstić information content (AvgIpc) is 3.24. The molecule has 1 fully saturated rings. The van der Waals surface area contributed by atoms with Crippen LogP contribution in [0.4, 0.5) is 4.39 Å². The number of halogens is 1. The van der Waals surface area contributed by atoms with Gasteiger partial charge in [-0.3, -0.25) is 14.4 Å². The Bertz CT molecular complexity index is 1040. The van der Waals surface area contributed by atoms with Crippen molar-refractivity contribution >= 4 is 17.7 Å². The zero-order valence-corrected chi connectivity index (χ0v) is 19.1. The van der Waals surface area contributed by atoms with Gasteiger partial charge in [0.2, 0.25) is 5.91 Å². The van der Waals surface area contributed by atoms with Crippen molar-refractivity contribution in [3.8, 4) is 0 Å². The van der Waals surface area contributed by atoms with Crippen LogP contribution in [0.2, 0.25) is 0 Å². The number of rotatable bonds is 6. The normalized spacial score (nSPS) is 20.5. The number of benzene rings is 1. The van der Waals surface area contributed by atoms with Crippen LogP contribution in [0, 0.1) is 5.82 Å². The van der Waals surface area contributed by atoms with E-state index in [1.807, 2.05) is 6.92 Å². The van der Waals surface area contributed by atoms with Crippen molar-refractivity contribution < 1.29 is 18.8 Å². The van der Waals surface area contributed by atoms with Gasteiger partial charge in [-0.2, -0.15) is 0 Å². The van der Waals surface area contributed by atoms with Gasteiger partial charge in [-0.05, 0) is 50.3 Å². The molecule has 1 unspecified atom stereocenters. The van der Waals surface area contributed by atoms with Gasteiger partial charge in [0.15, 0.2) is 5.69 Å². The number of carbonyl (C=O) groups is 3. The lowest BCUT2D eigenvalue weighted by molar-refractivity contribution is -0.133. The highest BCUT2D eigenvalue weighted by Gasteiger charge is 2.48. The SMILES string of the molecule is CCCN1C(=O)c2c(C(=O)N3CCCCC3)ncn2CC1(C)C(=O)NCc1ccc(F)cc1. The molecule has 0 saturated carbocycles. The number of amides is 3. The Morgan fingerprint density at radius 3 is 2.52 bits per heavy atom. The second kappa shape index (κ2) is 9.33. The third-order valence-electron chi connectivity index (χ3n) is 6.51. The summed E-state index contributed by atoms with van der Waals surface area (Å²) in [5.74, 6) is -1.23. The third-order valence-corrected chi connectivity index (χ3v) is 6.51. The van der Waals surface area contributed by atoms with Gasteiger partial charge in [-0.15, -0.1) is 0 Å². The first kappa shape index (κ1) is 22.9. The molecule has 0 bridgehead atoms. The summed E-state index contributed by atoms with van der Waals surface area (Å²) in [6.45, 7) is 5.80. The van der Waals surface area contributed by atoms with Gasteiger partial charge < -0.3 is 19.7 Å². The molecule has 8 nitrogen and oxygen atoms in total. The maximum absolute atomic E-state index is 13.6. The molecule has 2 aliphatic rings. The molecular formula is C24H30FN5O3. The number of piperidine rings is 1. The van der Waals surface area contributed by atoms with Crippen LogP contribution in [-0.2, 0) is 17.9 Å². The molecule has 0 radical (unpaired) electrons. The highest BCUT2D eigenvalue weighted by Crippen LogP contribution is 2.30. The van der Waals surface area contributed by atoms with Gasteiger partial charge in [0, 0.05) is 26.2 Å². The van der Waals surface area contributed by atoms with Crippen molar-refractivity contribution in [2.24, 2.45) is 0 Å². The number of imidazole rings is 1. The number of nitrogens with one attached hydrogen (secondary N) is 1. The van der Waals surface area contributed by atoms with Gasteiger partial charge in [-0.25, -0.2) is 9.37 Å². The summed E-state index contributed by atoms with van der Waals surface area (Å²) in [5, 5.41) is 2.89. The molecule has 1 saturated heterocycles. The fourth-order valence-electron chi connectivity index (χ4n) is 4.64. The third kappa shape index (κ3) is 4.36. The molecule has 9 heteroatoms. The summed E-state index contributed by atoms with van der Waals surface area (Å²) in [7, 11) is 0. The second-order valence-electron chi connectivity index (χ2n) is 8.96. The zero-order chi connectivity index (χ0) is 23.6. The van der Waals surface area contributed by atoms with Crippen molar-refractivity contribution in [2.75, 3.05) is 19.6 Å². The highest BCUT2D eigenvalue weighted by atomic mass is 19.1. The Labute approximate surface area is 192 Å². The number of hydrogen-bond acceptors (Lipinski definition) is 4.